The largest absolute Gasteiger partial charge is 0.501 e. The number of hydrogen-bond donors (Lipinski definition) is 2. The number of piperidine rings is 1. The third-order valence-corrected chi connectivity index (χ3v) is 16.6. The molecule has 20 heteroatoms. The number of morpholine rings is 1. The number of halogens is 4. The van der Waals surface area contributed by atoms with Gasteiger partial charge in [-0.2, -0.15) is 13.2 Å². The lowest BCUT2D eigenvalue weighted by molar-refractivity contribution is -0.0435. The monoisotopic (exact) mass is 972 g/mol. The van der Waals surface area contributed by atoms with E-state index in [1.54, 1.807) is 4.57 Å². The van der Waals surface area contributed by atoms with Crippen LogP contribution in [-0.2, 0) is 44.2 Å². The molecule has 2 N–H and O–H groups in total. The van der Waals surface area contributed by atoms with Gasteiger partial charge in [-0.1, -0.05) is 66.2 Å². The maximum absolute atomic E-state index is 14.3. The second kappa shape index (κ2) is 20.3. The van der Waals surface area contributed by atoms with Crippen LogP contribution < -0.4 is 10.0 Å². The molecule has 8 rings (SSSR count). The van der Waals surface area contributed by atoms with Gasteiger partial charge in [0, 0.05) is 79.6 Å². The van der Waals surface area contributed by atoms with E-state index < -0.39 is 41.2 Å². The quantitative estimate of drug-likeness (QED) is 0.0931. The molecule has 2 saturated heterocycles. The minimum Gasteiger partial charge on any atom is -0.380 e. The number of nitrogens with zero attached hydrogens (tertiary/aromatic N) is 6. The summed E-state index contributed by atoms with van der Waals surface area (Å²) < 4.78 is 106. The Morgan fingerprint density at radius 2 is 1.63 bits per heavy atom. The van der Waals surface area contributed by atoms with E-state index in [4.69, 9.17) is 16.3 Å². The average molecular weight is 974 g/mol. The number of fused-ring (bicyclic) bond motifs is 1. The average Bonchev–Trinajstić information content (AvgIpc) is 3.69. The molecular weight excluding hydrogens is 921 g/mol. The van der Waals surface area contributed by atoms with Crippen LogP contribution in [0, 0.1) is 0 Å². The number of thioether (sulfide) groups is 1. The molecule has 3 atom stereocenters. The van der Waals surface area contributed by atoms with Crippen LogP contribution in [0.25, 0.3) is 11.1 Å². The van der Waals surface area contributed by atoms with Crippen molar-refractivity contribution in [2.24, 2.45) is 0 Å². The molecule has 13 nitrogen and oxygen atoms in total. The van der Waals surface area contributed by atoms with Gasteiger partial charge in [-0.25, -0.2) is 21.6 Å². The number of sulfone groups is 1. The smallest absolute Gasteiger partial charge is 0.380 e. The molecule has 65 heavy (non-hydrogen) atoms. The molecule has 1 aromatic heterocycles. The highest BCUT2D eigenvalue weighted by molar-refractivity contribution is 7.99. The lowest BCUT2D eigenvalue weighted by Crippen LogP contribution is -2.50. The fourth-order valence-electron chi connectivity index (χ4n) is 8.72. The highest BCUT2D eigenvalue weighted by Gasteiger charge is 2.48. The van der Waals surface area contributed by atoms with Crippen molar-refractivity contribution in [2.45, 2.75) is 84.1 Å². The molecule has 0 amide bonds. The highest BCUT2D eigenvalue weighted by Crippen LogP contribution is 2.37. The van der Waals surface area contributed by atoms with E-state index in [2.05, 4.69) is 60.1 Å². The second-order valence-corrected chi connectivity index (χ2v) is 21.8. The first kappa shape index (κ1) is 47.3. The summed E-state index contributed by atoms with van der Waals surface area (Å²) in [5, 5.41) is 12.2. The first-order valence-electron chi connectivity index (χ1n) is 21.6. The fourth-order valence-corrected chi connectivity index (χ4v) is 11.9. The number of rotatable bonds is 16. The topological polar surface area (TPSA) is 142 Å². The van der Waals surface area contributed by atoms with Crippen molar-refractivity contribution >= 4 is 54.9 Å². The molecule has 0 aliphatic carbocycles. The predicted octanol–water partition coefficient (Wildman–Crippen LogP) is 7.86. The lowest BCUT2D eigenvalue weighted by Gasteiger charge is -2.43. The van der Waals surface area contributed by atoms with E-state index in [1.807, 2.05) is 60.7 Å². The van der Waals surface area contributed by atoms with Crippen LogP contribution in [0.15, 0.2) is 112 Å². The predicted molar refractivity (Wildman–Crippen MR) is 247 cm³/mol. The molecule has 0 radical (unpaired) electrons. The summed E-state index contributed by atoms with van der Waals surface area (Å²) >= 11 is 7.63. The molecular formula is C45H52ClF3N8O5S3. The minimum atomic E-state index is -6.00. The van der Waals surface area contributed by atoms with Crippen LogP contribution in [0.4, 0.5) is 24.8 Å². The molecule has 3 aliphatic rings. The number of nitrogens with one attached hydrogen (secondary N) is 2. The van der Waals surface area contributed by atoms with Gasteiger partial charge >= 0.3 is 5.51 Å². The summed E-state index contributed by atoms with van der Waals surface area (Å²) in [6, 6.07) is 28.6. The van der Waals surface area contributed by atoms with Crippen LogP contribution in [0.3, 0.4) is 0 Å². The van der Waals surface area contributed by atoms with Crippen molar-refractivity contribution in [2.75, 3.05) is 61.7 Å². The number of alkyl halides is 3. The maximum atomic E-state index is 14.3. The number of anilines is 2. The van der Waals surface area contributed by atoms with Crippen LogP contribution in [0.1, 0.15) is 37.6 Å². The zero-order valence-corrected chi connectivity index (χ0v) is 39.0. The van der Waals surface area contributed by atoms with Crippen LogP contribution in [-0.4, -0.2) is 122 Å². The Bertz CT molecular complexity index is 2640. The van der Waals surface area contributed by atoms with Gasteiger partial charge in [0.1, 0.15) is 10.7 Å². The van der Waals surface area contributed by atoms with E-state index in [0.717, 1.165) is 48.5 Å². The van der Waals surface area contributed by atoms with E-state index in [-0.39, 0.29) is 23.7 Å². The van der Waals surface area contributed by atoms with Gasteiger partial charge in [-0.3, -0.25) is 19.3 Å². The van der Waals surface area contributed by atoms with Gasteiger partial charge in [0.15, 0.2) is 0 Å². The van der Waals surface area contributed by atoms with E-state index >= 15 is 0 Å². The summed E-state index contributed by atoms with van der Waals surface area (Å²) in [6.45, 7) is 8.43. The van der Waals surface area contributed by atoms with Gasteiger partial charge in [0.25, 0.3) is 19.9 Å². The Morgan fingerprint density at radius 3 is 2.37 bits per heavy atom. The number of aromatic nitrogens is 3. The summed E-state index contributed by atoms with van der Waals surface area (Å²) in [4.78, 5) is 6.10. The fraction of sp³-hybridized carbons (Fsp3) is 0.422. The number of ether oxygens (including phenoxy) is 1. The van der Waals surface area contributed by atoms with Crippen molar-refractivity contribution < 1.29 is 34.7 Å². The number of sulfonamides is 1. The molecule has 0 bridgehead atoms. The molecule has 4 heterocycles. The molecule has 0 spiro atoms. The van der Waals surface area contributed by atoms with Gasteiger partial charge < -0.3 is 10.1 Å². The number of likely N-dealkylation sites (tertiary alicyclic amines) is 1. The molecule has 3 aliphatic heterocycles. The van der Waals surface area contributed by atoms with Gasteiger partial charge in [0.2, 0.25) is 5.95 Å². The summed E-state index contributed by atoms with van der Waals surface area (Å²) in [6.07, 6.45) is 2.32. The first-order chi connectivity index (χ1) is 31.1. The SMILES string of the molecule is CC1CC(N2CCn3c(nnc3NS(=O)(=O)c3ccc(N[C@H](CCN4CCOCC4)CSc4ccccc4)c(S(=O)(=O)C(F)(F)F)c3)C2)CCN1Cc1ccccc1-c1ccc(Cl)cc1. The standard InChI is InChI=1S/C45H52ClF3N8O5S3/c1-32-27-37(18-20-55(32)29-34-7-5-6-10-40(34)33-11-13-35(46)14-12-33)56-21-22-57-43(30-56)51-52-44(57)53-65(60,61)39-15-16-41(42(28-39)64(58,59)45(47,48)49)50-36(17-19-54-23-25-62-26-24-54)31-63-38-8-3-2-4-9-38/h2-16,28,32,36-37,50H,17-27,29-31H2,1H3,(H,52,53)/t32?,36-,37?/m1/s1. The van der Waals surface area contributed by atoms with Crippen molar-refractivity contribution in [3.63, 3.8) is 0 Å². The number of benzene rings is 4. The summed E-state index contributed by atoms with van der Waals surface area (Å²) in [5.41, 5.74) is -2.51. The van der Waals surface area contributed by atoms with Crippen molar-refractivity contribution in [3.05, 3.63) is 113 Å². The van der Waals surface area contributed by atoms with Crippen LogP contribution in [0.5, 0.6) is 0 Å². The summed E-state index contributed by atoms with van der Waals surface area (Å²) in [5.74, 6) is 0.832. The molecule has 2 fully saturated rings. The zero-order valence-electron chi connectivity index (χ0n) is 35.8. The van der Waals surface area contributed by atoms with Crippen LogP contribution in [0.2, 0.25) is 5.02 Å². The van der Waals surface area contributed by atoms with Crippen molar-refractivity contribution in [1.82, 2.24) is 29.5 Å². The zero-order chi connectivity index (χ0) is 45.8. The maximum Gasteiger partial charge on any atom is 0.501 e. The third-order valence-electron chi connectivity index (χ3n) is 12.4. The Kier molecular flexibility index (Phi) is 14.8. The minimum absolute atomic E-state index is 0.106. The molecule has 4 aromatic carbocycles. The first-order valence-corrected chi connectivity index (χ1v) is 25.9. The van der Waals surface area contributed by atoms with Gasteiger partial charge in [0.05, 0.1) is 30.3 Å². The van der Waals surface area contributed by atoms with Crippen molar-refractivity contribution in [3.8, 4) is 11.1 Å². The van der Waals surface area contributed by atoms with Crippen LogP contribution >= 0.6 is 23.4 Å². The number of hydrogen-bond acceptors (Lipinski definition) is 12. The second-order valence-electron chi connectivity index (χ2n) is 16.6. The summed E-state index contributed by atoms with van der Waals surface area (Å²) in [7, 11) is -10.6. The Labute approximate surface area is 387 Å². The Morgan fingerprint density at radius 1 is 0.892 bits per heavy atom. The van der Waals surface area contributed by atoms with E-state index in [0.29, 0.717) is 81.6 Å². The third kappa shape index (κ3) is 11.3. The Hall–Kier alpha value is -4.21. The van der Waals surface area contributed by atoms with E-state index in [9.17, 15) is 30.0 Å². The van der Waals surface area contributed by atoms with Gasteiger partial charge in [-0.05, 0) is 85.3 Å². The van der Waals surface area contributed by atoms with E-state index in [1.165, 1.54) is 22.9 Å². The molecule has 2 unspecified atom stereocenters. The molecule has 5 aromatic rings. The molecule has 348 valence electrons. The van der Waals surface area contributed by atoms with Gasteiger partial charge in [-0.15, -0.1) is 22.0 Å². The molecule has 0 saturated carbocycles. The normalized spacial score (nSPS) is 19.7. The lowest BCUT2D eigenvalue weighted by atomic mass is 9.94. The van der Waals surface area contributed by atoms with Crippen molar-refractivity contribution in [1.29, 1.82) is 0 Å². The Balaban J connectivity index is 0.946. The highest BCUT2D eigenvalue weighted by atomic mass is 35.5.